The topological polar surface area (TPSA) is 63.9 Å². The summed E-state index contributed by atoms with van der Waals surface area (Å²) in [5, 5.41) is 28.8. The molecule has 0 saturated carbocycles. The second-order valence-corrected chi connectivity index (χ2v) is 4.58. The fraction of sp³-hybridized carbons (Fsp3) is 1.00. The molecule has 1 heterocycles. The van der Waals surface area contributed by atoms with Gasteiger partial charge in [-0.2, -0.15) is 0 Å². The van der Waals surface area contributed by atoms with Crippen LogP contribution in [0.5, 0.6) is 0 Å². The summed E-state index contributed by atoms with van der Waals surface area (Å²) in [6.07, 6.45) is -0.527. The first-order valence-corrected chi connectivity index (χ1v) is 5.13. The van der Waals surface area contributed by atoms with Crippen LogP contribution in [0.4, 0.5) is 0 Å². The Morgan fingerprint density at radius 3 is 2.57 bits per heavy atom. The molecule has 4 heteroatoms. The molecule has 0 aromatic rings. The molecule has 4 nitrogen and oxygen atoms in total. The second kappa shape index (κ2) is 4.14. The van der Waals surface area contributed by atoms with Gasteiger partial charge in [0, 0.05) is 18.5 Å². The maximum Gasteiger partial charge on any atom is 0.106 e. The van der Waals surface area contributed by atoms with Crippen molar-refractivity contribution in [2.75, 3.05) is 20.2 Å². The van der Waals surface area contributed by atoms with Gasteiger partial charge >= 0.3 is 0 Å². The lowest BCUT2D eigenvalue weighted by Gasteiger charge is -2.47. The van der Waals surface area contributed by atoms with Crippen LogP contribution in [0.3, 0.4) is 0 Å². The molecule has 4 unspecified atom stereocenters. The lowest BCUT2D eigenvalue weighted by Crippen LogP contribution is -2.60. The van der Waals surface area contributed by atoms with Crippen molar-refractivity contribution in [3.8, 4) is 0 Å². The highest BCUT2D eigenvalue weighted by Gasteiger charge is 2.45. The fourth-order valence-corrected chi connectivity index (χ4v) is 2.22. The molecular weight excluding hydrogens is 182 g/mol. The zero-order valence-electron chi connectivity index (χ0n) is 9.14. The highest BCUT2D eigenvalue weighted by molar-refractivity contribution is 4.98. The molecule has 0 aromatic carbocycles. The van der Waals surface area contributed by atoms with Gasteiger partial charge in [0.1, 0.15) is 6.10 Å². The Bertz CT molecular complexity index is 200. The van der Waals surface area contributed by atoms with E-state index < -0.39 is 11.7 Å². The molecule has 0 aromatic heterocycles. The van der Waals surface area contributed by atoms with Crippen LogP contribution in [-0.4, -0.2) is 58.2 Å². The number of hydrogen-bond acceptors (Lipinski definition) is 4. The molecule has 14 heavy (non-hydrogen) atoms. The lowest BCUT2D eigenvalue weighted by molar-refractivity contribution is -0.160. The Morgan fingerprint density at radius 2 is 2.07 bits per heavy atom. The predicted molar refractivity (Wildman–Crippen MR) is 53.9 cm³/mol. The minimum Gasteiger partial charge on any atom is -0.394 e. The van der Waals surface area contributed by atoms with Crippen molar-refractivity contribution in [3.05, 3.63) is 0 Å². The van der Waals surface area contributed by atoms with Crippen LogP contribution in [0.1, 0.15) is 20.3 Å². The molecule has 0 amide bonds. The van der Waals surface area contributed by atoms with Crippen molar-refractivity contribution >= 4 is 0 Å². The summed E-state index contributed by atoms with van der Waals surface area (Å²) in [7, 11) is 2.01. The third kappa shape index (κ3) is 1.93. The van der Waals surface area contributed by atoms with Gasteiger partial charge in [0.15, 0.2) is 0 Å². The fourth-order valence-electron chi connectivity index (χ4n) is 2.22. The Labute approximate surface area is 85.2 Å². The summed E-state index contributed by atoms with van der Waals surface area (Å²) in [6.45, 7) is 4.29. The predicted octanol–water partition coefficient (Wildman–Crippen LogP) is -0.569. The van der Waals surface area contributed by atoms with Crippen molar-refractivity contribution in [2.45, 2.75) is 38.0 Å². The Balaban J connectivity index is 2.77. The molecule has 0 aliphatic carbocycles. The molecule has 84 valence electrons. The normalized spacial score (nSPS) is 42.4. The van der Waals surface area contributed by atoms with Crippen molar-refractivity contribution in [2.24, 2.45) is 5.92 Å². The highest BCUT2D eigenvalue weighted by Crippen LogP contribution is 2.33. The van der Waals surface area contributed by atoms with Gasteiger partial charge in [-0.1, -0.05) is 6.92 Å². The number of likely N-dealkylation sites (tertiary alicyclic amines) is 1. The number of aliphatic hydroxyl groups excluding tert-OH is 2. The third-order valence-electron chi connectivity index (χ3n) is 3.54. The maximum absolute atomic E-state index is 10.3. The summed E-state index contributed by atoms with van der Waals surface area (Å²) in [5.74, 6) is -0.0224. The maximum atomic E-state index is 10.3. The molecule has 1 aliphatic rings. The van der Waals surface area contributed by atoms with Crippen LogP contribution in [0.25, 0.3) is 0 Å². The van der Waals surface area contributed by atoms with Gasteiger partial charge in [0.2, 0.25) is 0 Å². The van der Waals surface area contributed by atoms with E-state index >= 15 is 0 Å². The SMILES string of the molecule is CC1CC(O)(C(O)CO)C(C)CN1C. The van der Waals surface area contributed by atoms with E-state index in [0.29, 0.717) is 6.42 Å². The largest absolute Gasteiger partial charge is 0.394 e. The zero-order chi connectivity index (χ0) is 10.9. The van der Waals surface area contributed by atoms with E-state index in [1.165, 1.54) is 0 Å². The monoisotopic (exact) mass is 203 g/mol. The van der Waals surface area contributed by atoms with Crippen molar-refractivity contribution in [1.82, 2.24) is 4.90 Å². The summed E-state index contributed by atoms with van der Waals surface area (Å²) >= 11 is 0. The number of rotatable bonds is 2. The Kier molecular flexibility index (Phi) is 3.53. The van der Waals surface area contributed by atoms with E-state index in [4.69, 9.17) is 5.11 Å². The number of piperidine rings is 1. The molecule has 3 N–H and O–H groups in total. The molecule has 0 bridgehead atoms. The quantitative estimate of drug-likeness (QED) is 0.562. The van der Waals surface area contributed by atoms with Crippen molar-refractivity contribution < 1.29 is 15.3 Å². The zero-order valence-corrected chi connectivity index (χ0v) is 9.14. The van der Waals surface area contributed by atoms with Crippen LogP contribution in [0, 0.1) is 5.92 Å². The van der Waals surface area contributed by atoms with Gasteiger partial charge in [-0.15, -0.1) is 0 Å². The Morgan fingerprint density at radius 1 is 1.50 bits per heavy atom. The third-order valence-corrected chi connectivity index (χ3v) is 3.54. The van der Waals surface area contributed by atoms with E-state index in [2.05, 4.69) is 4.90 Å². The van der Waals surface area contributed by atoms with Gasteiger partial charge < -0.3 is 20.2 Å². The molecule has 0 radical (unpaired) electrons. The molecule has 1 fully saturated rings. The van der Waals surface area contributed by atoms with Crippen LogP contribution < -0.4 is 0 Å². The molecule has 4 atom stereocenters. The summed E-state index contributed by atoms with van der Waals surface area (Å²) in [5.41, 5.74) is -1.14. The van der Waals surface area contributed by atoms with Gasteiger partial charge in [0.05, 0.1) is 12.2 Å². The first-order valence-electron chi connectivity index (χ1n) is 5.13. The van der Waals surface area contributed by atoms with Gasteiger partial charge in [0.25, 0.3) is 0 Å². The molecular formula is C10H21NO3. The summed E-state index contributed by atoms with van der Waals surface area (Å²) in [6, 6.07) is 0.234. The Hall–Kier alpha value is -0.160. The molecule has 1 rings (SSSR count). The lowest BCUT2D eigenvalue weighted by atomic mass is 9.75. The standard InChI is InChI=1S/C10H21NO3/c1-7-5-11(3)8(2)4-10(7,14)9(13)6-12/h7-9,12-14H,4-6H2,1-3H3. The summed E-state index contributed by atoms with van der Waals surface area (Å²) < 4.78 is 0. The van der Waals surface area contributed by atoms with Gasteiger partial charge in [-0.3, -0.25) is 0 Å². The van der Waals surface area contributed by atoms with Crippen LogP contribution in [0.15, 0.2) is 0 Å². The average Bonchev–Trinajstić information content (AvgIpc) is 2.13. The van der Waals surface area contributed by atoms with Crippen molar-refractivity contribution in [3.63, 3.8) is 0 Å². The average molecular weight is 203 g/mol. The minimum absolute atomic E-state index is 0.0224. The first-order chi connectivity index (χ1) is 6.41. The molecule has 1 saturated heterocycles. The van der Waals surface area contributed by atoms with E-state index in [1.807, 2.05) is 20.9 Å². The second-order valence-electron chi connectivity index (χ2n) is 4.58. The number of nitrogens with zero attached hydrogens (tertiary/aromatic N) is 1. The van der Waals surface area contributed by atoms with E-state index in [9.17, 15) is 10.2 Å². The van der Waals surface area contributed by atoms with Gasteiger partial charge in [-0.25, -0.2) is 0 Å². The highest BCUT2D eigenvalue weighted by atomic mass is 16.4. The van der Waals surface area contributed by atoms with Gasteiger partial charge in [-0.05, 0) is 20.4 Å². The first kappa shape index (κ1) is 11.9. The van der Waals surface area contributed by atoms with E-state index in [-0.39, 0.29) is 18.6 Å². The van der Waals surface area contributed by atoms with Crippen LogP contribution in [0.2, 0.25) is 0 Å². The van der Waals surface area contributed by atoms with Crippen LogP contribution in [-0.2, 0) is 0 Å². The number of aliphatic hydroxyl groups is 3. The van der Waals surface area contributed by atoms with Crippen molar-refractivity contribution in [1.29, 1.82) is 0 Å². The number of hydrogen-bond donors (Lipinski definition) is 3. The molecule has 1 aliphatic heterocycles. The molecule has 0 spiro atoms. The van der Waals surface area contributed by atoms with E-state index in [0.717, 1.165) is 6.54 Å². The van der Waals surface area contributed by atoms with Crippen LogP contribution >= 0.6 is 0 Å². The minimum atomic E-state index is -1.14. The smallest absolute Gasteiger partial charge is 0.106 e. The van der Waals surface area contributed by atoms with E-state index in [1.54, 1.807) is 0 Å². The summed E-state index contributed by atoms with van der Waals surface area (Å²) in [4.78, 5) is 2.16.